The molecule has 1 aromatic rings. The lowest BCUT2D eigenvalue weighted by atomic mass is 10.1. The van der Waals surface area contributed by atoms with E-state index in [9.17, 15) is 0 Å². The lowest BCUT2D eigenvalue weighted by Crippen LogP contribution is -2.00. The monoisotopic (exact) mass is 159 g/mol. The topological polar surface area (TPSA) is 12.0 Å². The van der Waals surface area contributed by atoms with E-state index in [4.69, 9.17) is 0 Å². The van der Waals surface area contributed by atoms with Crippen molar-refractivity contribution in [1.82, 2.24) is 0 Å². The Morgan fingerprint density at radius 2 is 2.00 bits per heavy atom. The maximum atomic E-state index is 3.99. The molecule has 12 heavy (non-hydrogen) atoms. The number of hydrogen-bond donors (Lipinski definition) is 1. The van der Waals surface area contributed by atoms with Gasteiger partial charge >= 0.3 is 0 Å². The first kappa shape index (κ1) is 7.41. The molecule has 1 N–H and O–H groups in total. The summed E-state index contributed by atoms with van der Waals surface area (Å²) in [6.45, 7) is 4.92. The van der Waals surface area contributed by atoms with Crippen molar-refractivity contribution in [3.05, 3.63) is 42.0 Å². The van der Waals surface area contributed by atoms with Crippen LogP contribution in [0.15, 0.2) is 36.4 Å². The van der Waals surface area contributed by atoms with Gasteiger partial charge in [0.05, 0.1) is 0 Å². The van der Waals surface area contributed by atoms with Crippen LogP contribution >= 0.6 is 0 Å². The highest BCUT2D eigenvalue weighted by Gasteiger charge is 2.06. The van der Waals surface area contributed by atoms with Crippen LogP contribution in [0.2, 0.25) is 0 Å². The molecule has 1 aromatic carbocycles. The van der Waals surface area contributed by atoms with Crippen molar-refractivity contribution < 1.29 is 0 Å². The van der Waals surface area contributed by atoms with Crippen molar-refractivity contribution in [3.63, 3.8) is 0 Å². The molecule has 1 aliphatic rings. The van der Waals surface area contributed by atoms with Gasteiger partial charge in [0.25, 0.3) is 0 Å². The molecule has 0 aliphatic carbocycles. The minimum absolute atomic E-state index is 0.928. The van der Waals surface area contributed by atoms with E-state index in [2.05, 4.69) is 36.2 Å². The van der Waals surface area contributed by atoms with Gasteiger partial charge in [0, 0.05) is 12.2 Å². The van der Waals surface area contributed by atoms with E-state index in [-0.39, 0.29) is 0 Å². The second-order valence-corrected chi connectivity index (χ2v) is 3.26. The third kappa shape index (κ3) is 1.35. The van der Waals surface area contributed by atoms with Crippen LogP contribution in [0.3, 0.4) is 0 Å². The smallest absolute Gasteiger partial charge is 0.0375 e. The Bertz CT molecular complexity index is 273. The van der Waals surface area contributed by atoms with Crippen LogP contribution in [-0.4, -0.2) is 6.54 Å². The number of benzene rings is 1. The first-order chi connectivity index (χ1) is 5.86. The van der Waals surface area contributed by atoms with Crippen LogP contribution in [0.5, 0.6) is 0 Å². The quantitative estimate of drug-likeness (QED) is 0.574. The van der Waals surface area contributed by atoms with E-state index in [1.54, 1.807) is 0 Å². The van der Waals surface area contributed by atoms with Crippen LogP contribution in [0.25, 0.3) is 0 Å². The minimum Gasteiger partial charge on any atom is -0.381 e. The zero-order chi connectivity index (χ0) is 8.39. The van der Waals surface area contributed by atoms with Gasteiger partial charge in [-0.25, -0.2) is 0 Å². The van der Waals surface area contributed by atoms with Crippen molar-refractivity contribution in [2.45, 2.75) is 12.8 Å². The molecule has 1 aliphatic heterocycles. The van der Waals surface area contributed by atoms with Gasteiger partial charge in [-0.1, -0.05) is 30.4 Å². The molecule has 1 heteroatoms. The number of hydrogen-bond acceptors (Lipinski definition) is 1. The molecule has 0 aromatic heterocycles. The fourth-order valence-electron chi connectivity index (χ4n) is 1.53. The number of anilines is 1. The number of para-hydroxylation sites is 1. The minimum atomic E-state index is 0.928. The second-order valence-electron chi connectivity index (χ2n) is 3.26. The number of rotatable bonds is 0. The van der Waals surface area contributed by atoms with Crippen molar-refractivity contribution >= 4 is 5.69 Å². The molecular formula is C11H13N. The summed E-state index contributed by atoms with van der Waals surface area (Å²) in [6.07, 6.45) is 2.24. The molecule has 0 amide bonds. The molecule has 62 valence electrons. The average Bonchev–Trinajstić information content (AvgIpc) is 2.29. The lowest BCUT2D eigenvalue weighted by molar-refractivity contribution is 0.953. The summed E-state index contributed by atoms with van der Waals surface area (Å²) in [6, 6.07) is 8.48. The average molecular weight is 159 g/mol. The first-order valence-electron chi connectivity index (χ1n) is 4.35. The fraction of sp³-hybridized carbons (Fsp3) is 0.273. The highest BCUT2D eigenvalue weighted by Crippen LogP contribution is 2.21. The number of fused-ring (bicyclic) bond motifs is 1. The SMILES string of the molecule is C=C1CCc2ccccc2NC1. The van der Waals surface area contributed by atoms with Crippen molar-refractivity contribution in [3.8, 4) is 0 Å². The van der Waals surface area contributed by atoms with E-state index < -0.39 is 0 Å². The molecule has 0 bridgehead atoms. The Morgan fingerprint density at radius 3 is 2.92 bits per heavy atom. The standard InChI is InChI=1S/C11H13N/c1-9-6-7-10-4-2-3-5-11(10)12-8-9/h2-5,12H,1,6-8H2. The van der Waals surface area contributed by atoms with Crippen LogP contribution in [-0.2, 0) is 6.42 Å². The number of aryl methyl sites for hydroxylation is 1. The summed E-state index contributed by atoms with van der Waals surface area (Å²) in [5.74, 6) is 0. The largest absolute Gasteiger partial charge is 0.381 e. The highest BCUT2D eigenvalue weighted by molar-refractivity contribution is 5.53. The number of nitrogens with one attached hydrogen (secondary N) is 1. The third-order valence-electron chi connectivity index (χ3n) is 2.29. The normalized spacial score (nSPS) is 16.2. The summed E-state index contributed by atoms with van der Waals surface area (Å²) in [7, 11) is 0. The predicted octanol–water partition coefficient (Wildman–Crippen LogP) is 2.60. The molecule has 0 saturated carbocycles. The van der Waals surface area contributed by atoms with E-state index in [1.807, 2.05) is 0 Å². The molecule has 0 radical (unpaired) electrons. The van der Waals surface area contributed by atoms with Crippen LogP contribution in [0.4, 0.5) is 5.69 Å². The van der Waals surface area contributed by atoms with E-state index in [0.717, 1.165) is 19.4 Å². The van der Waals surface area contributed by atoms with Gasteiger partial charge in [-0.2, -0.15) is 0 Å². The molecule has 0 fully saturated rings. The van der Waals surface area contributed by atoms with Crippen molar-refractivity contribution in [2.75, 3.05) is 11.9 Å². The Kier molecular flexibility index (Phi) is 1.86. The van der Waals surface area contributed by atoms with Crippen molar-refractivity contribution in [1.29, 1.82) is 0 Å². The zero-order valence-electron chi connectivity index (χ0n) is 7.14. The van der Waals surface area contributed by atoms with Gasteiger partial charge in [0.15, 0.2) is 0 Å². The van der Waals surface area contributed by atoms with Gasteiger partial charge in [0.1, 0.15) is 0 Å². The van der Waals surface area contributed by atoms with Crippen LogP contribution < -0.4 is 5.32 Å². The molecule has 0 atom stereocenters. The van der Waals surface area contributed by atoms with Crippen LogP contribution in [0.1, 0.15) is 12.0 Å². The third-order valence-corrected chi connectivity index (χ3v) is 2.29. The van der Waals surface area contributed by atoms with Gasteiger partial charge in [0.2, 0.25) is 0 Å². The fourth-order valence-corrected chi connectivity index (χ4v) is 1.53. The maximum Gasteiger partial charge on any atom is 0.0375 e. The summed E-state index contributed by atoms with van der Waals surface area (Å²) in [4.78, 5) is 0. The Morgan fingerprint density at radius 1 is 1.17 bits per heavy atom. The molecule has 2 rings (SSSR count). The molecule has 1 heterocycles. The zero-order valence-corrected chi connectivity index (χ0v) is 7.14. The van der Waals surface area contributed by atoms with E-state index in [0.29, 0.717) is 0 Å². The summed E-state index contributed by atoms with van der Waals surface area (Å²) in [5, 5.41) is 3.38. The summed E-state index contributed by atoms with van der Waals surface area (Å²) >= 11 is 0. The Balaban J connectivity index is 2.32. The highest BCUT2D eigenvalue weighted by atomic mass is 14.9. The summed E-state index contributed by atoms with van der Waals surface area (Å²) in [5.41, 5.74) is 3.98. The van der Waals surface area contributed by atoms with Gasteiger partial charge in [-0.15, -0.1) is 0 Å². The molecule has 1 nitrogen and oxygen atoms in total. The predicted molar refractivity (Wildman–Crippen MR) is 52.4 cm³/mol. The van der Waals surface area contributed by atoms with E-state index >= 15 is 0 Å². The second kappa shape index (κ2) is 3.02. The first-order valence-corrected chi connectivity index (χ1v) is 4.35. The van der Waals surface area contributed by atoms with Crippen LogP contribution in [0, 0.1) is 0 Å². The maximum absolute atomic E-state index is 3.99. The molecule has 0 unspecified atom stereocenters. The summed E-state index contributed by atoms with van der Waals surface area (Å²) < 4.78 is 0. The molecular weight excluding hydrogens is 146 g/mol. The lowest BCUT2D eigenvalue weighted by Gasteiger charge is -2.05. The molecule has 0 spiro atoms. The van der Waals surface area contributed by atoms with Crippen molar-refractivity contribution in [2.24, 2.45) is 0 Å². The Labute approximate surface area is 73.1 Å². The van der Waals surface area contributed by atoms with E-state index in [1.165, 1.54) is 16.8 Å². The van der Waals surface area contributed by atoms with Gasteiger partial charge < -0.3 is 5.32 Å². The molecule has 0 saturated heterocycles. The van der Waals surface area contributed by atoms with Gasteiger partial charge in [-0.3, -0.25) is 0 Å². The Hall–Kier alpha value is -1.24. The van der Waals surface area contributed by atoms with Gasteiger partial charge in [-0.05, 0) is 24.5 Å².